The minimum atomic E-state index is -0.677. The van der Waals surface area contributed by atoms with Gasteiger partial charge < -0.3 is 36.1 Å². The molecule has 7 N–H and O–H groups in total. The first-order chi connectivity index (χ1) is 26.6. The van der Waals surface area contributed by atoms with Crippen LogP contribution in [-0.4, -0.2) is 82.5 Å². The van der Waals surface area contributed by atoms with Crippen LogP contribution in [0.2, 0.25) is 0 Å². The third-order valence-electron chi connectivity index (χ3n) is 10.6. The summed E-state index contributed by atoms with van der Waals surface area (Å²) in [5.41, 5.74) is 12.1. The molecule has 0 bridgehead atoms. The van der Waals surface area contributed by atoms with Crippen LogP contribution in [0.4, 0.5) is 5.69 Å². The zero-order valence-corrected chi connectivity index (χ0v) is 31.8. The maximum absolute atomic E-state index is 13.9. The number of imide groups is 1. The smallest absolute Gasteiger partial charge is 0.274 e. The van der Waals surface area contributed by atoms with Gasteiger partial charge in [-0.3, -0.25) is 34.1 Å². The molecule has 1 aliphatic carbocycles. The number of carbonyl (C=O) groups excluding carboxylic acids is 5. The molecule has 15 heteroatoms. The number of hydrogen-bond donors (Lipinski definition) is 6. The first kappa shape index (κ1) is 37.9. The highest BCUT2D eigenvalue weighted by atomic mass is 32.2. The molecule has 288 valence electrons. The molecule has 4 heterocycles. The van der Waals surface area contributed by atoms with Crippen LogP contribution in [0.3, 0.4) is 0 Å². The number of amides is 5. The molecule has 1 saturated heterocycles. The van der Waals surface area contributed by atoms with E-state index in [1.54, 1.807) is 42.0 Å². The topological polar surface area (TPSA) is 201 Å². The predicted octanol–water partition coefficient (Wildman–Crippen LogP) is 3.03. The highest BCUT2D eigenvalue weighted by Gasteiger charge is 2.39. The SMILES string of the molecule is CSCc1cc(-c2cn(C)c(=O)c3[nH]c(C(=O)NCCN)cc23)c(NCC2CC2)cc1C(=O)NCCCc1cccc2c1CN(C1CCC(=O)NC1=O)C2=O. The Morgan fingerprint density at radius 2 is 1.76 bits per heavy atom. The molecule has 1 saturated carbocycles. The Morgan fingerprint density at radius 3 is 2.51 bits per heavy atom. The van der Waals surface area contributed by atoms with Gasteiger partial charge in [0.15, 0.2) is 0 Å². The summed E-state index contributed by atoms with van der Waals surface area (Å²) in [6, 6.07) is 10.5. The number of pyridine rings is 1. The number of nitrogens with two attached hydrogens (primary N) is 1. The number of hydrogen-bond acceptors (Lipinski definition) is 9. The minimum absolute atomic E-state index is 0.198. The van der Waals surface area contributed by atoms with E-state index >= 15 is 0 Å². The number of H-pyrrole nitrogens is 1. The average molecular weight is 767 g/mol. The van der Waals surface area contributed by atoms with Crippen molar-refractivity contribution in [1.82, 2.24) is 30.4 Å². The van der Waals surface area contributed by atoms with Gasteiger partial charge in [-0.2, -0.15) is 11.8 Å². The summed E-state index contributed by atoms with van der Waals surface area (Å²) in [5, 5.41) is 12.4. The van der Waals surface area contributed by atoms with Crippen molar-refractivity contribution in [3.05, 3.63) is 86.5 Å². The Morgan fingerprint density at radius 1 is 0.964 bits per heavy atom. The van der Waals surface area contributed by atoms with Gasteiger partial charge in [-0.05, 0) is 85.2 Å². The molecule has 4 aromatic rings. The number of nitrogens with one attached hydrogen (secondary N) is 5. The molecule has 14 nitrogen and oxygen atoms in total. The molecule has 55 heavy (non-hydrogen) atoms. The minimum Gasteiger partial charge on any atom is -0.384 e. The van der Waals surface area contributed by atoms with Gasteiger partial charge in [0.05, 0.1) is 0 Å². The Balaban J connectivity index is 1.11. The van der Waals surface area contributed by atoms with Crippen LogP contribution in [0.15, 0.2) is 47.4 Å². The second kappa shape index (κ2) is 16.1. The Bertz CT molecular complexity index is 2260. The molecular formula is C40H46N8O6S. The van der Waals surface area contributed by atoms with E-state index < -0.39 is 11.9 Å². The van der Waals surface area contributed by atoms with E-state index in [9.17, 15) is 28.8 Å². The van der Waals surface area contributed by atoms with Crippen LogP contribution < -0.4 is 32.6 Å². The van der Waals surface area contributed by atoms with Gasteiger partial charge in [0.25, 0.3) is 23.3 Å². The van der Waals surface area contributed by atoms with Crippen molar-refractivity contribution < 1.29 is 24.0 Å². The molecule has 1 atom stereocenters. The molecule has 0 radical (unpaired) electrons. The monoisotopic (exact) mass is 766 g/mol. The highest BCUT2D eigenvalue weighted by Crippen LogP contribution is 2.38. The van der Waals surface area contributed by atoms with Gasteiger partial charge >= 0.3 is 0 Å². The van der Waals surface area contributed by atoms with Gasteiger partial charge in [-0.25, -0.2) is 0 Å². The molecule has 0 spiro atoms. The van der Waals surface area contributed by atoms with Crippen LogP contribution in [0.5, 0.6) is 0 Å². The molecule has 7 rings (SSSR count). The Hall–Kier alpha value is -5.41. The lowest BCUT2D eigenvalue weighted by molar-refractivity contribution is -0.136. The molecule has 2 aliphatic heterocycles. The lowest BCUT2D eigenvalue weighted by Crippen LogP contribution is -2.52. The van der Waals surface area contributed by atoms with Gasteiger partial charge in [-0.1, -0.05) is 12.1 Å². The number of aromatic amines is 1. The third kappa shape index (κ3) is 7.89. The van der Waals surface area contributed by atoms with Gasteiger partial charge in [0.1, 0.15) is 17.3 Å². The first-order valence-corrected chi connectivity index (χ1v) is 20.1. The van der Waals surface area contributed by atoms with E-state index in [0.717, 1.165) is 52.9 Å². The summed E-state index contributed by atoms with van der Waals surface area (Å²) in [6.45, 7) is 2.04. The summed E-state index contributed by atoms with van der Waals surface area (Å²) < 4.78 is 1.50. The normalized spacial score (nSPS) is 16.7. The molecule has 2 aromatic heterocycles. The Labute approximate surface area is 322 Å². The number of rotatable bonds is 15. The quantitative estimate of drug-likeness (QED) is 0.0778. The van der Waals surface area contributed by atoms with Crippen LogP contribution in [0.1, 0.15) is 80.0 Å². The number of piperidine rings is 1. The van der Waals surface area contributed by atoms with Crippen LogP contribution in [-0.2, 0) is 35.4 Å². The number of benzene rings is 2. The third-order valence-corrected chi connectivity index (χ3v) is 11.2. The number of anilines is 1. The summed E-state index contributed by atoms with van der Waals surface area (Å²) in [7, 11) is 1.68. The van der Waals surface area contributed by atoms with Crippen LogP contribution >= 0.6 is 11.8 Å². The lowest BCUT2D eigenvalue weighted by atomic mass is 9.95. The first-order valence-electron chi connectivity index (χ1n) is 18.7. The highest BCUT2D eigenvalue weighted by molar-refractivity contribution is 7.97. The molecule has 1 unspecified atom stereocenters. The van der Waals surface area contributed by atoms with Gasteiger partial charge in [0, 0.05) is 91.5 Å². The summed E-state index contributed by atoms with van der Waals surface area (Å²) in [6.07, 6.45) is 7.78. The largest absolute Gasteiger partial charge is 0.384 e. The van der Waals surface area contributed by atoms with Gasteiger partial charge in [0.2, 0.25) is 11.8 Å². The zero-order chi connectivity index (χ0) is 38.8. The fourth-order valence-electron chi connectivity index (χ4n) is 7.49. The maximum atomic E-state index is 13.9. The number of aryl methyl sites for hydroxylation is 2. The van der Waals surface area contributed by atoms with E-state index in [4.69, 9.17) is 5.73 Å². The lowest BCUT2D eigenvalue weighted by Gasteiger charge is -2.29. The molecule has 2 fully saturated rings. The number of carbonyl (C=O) groups is 5. The maximum Gasteiger partial charge on any atom is 0.274 e. The van der Waals surface area contributed by atoms with E-state index in [-0.39, 0.29) is 47.8 Å². The summed E-state index contributed by atoms with van der Waals surface area (Å²) in [4.78, 5) is 82.1. The number of thioether (sulfide) groups is 1. The second-order valence-electron chi connectivity index (χ2n) is 14.5. The number of nitrogens with zero attached hydrogens (tertiary/aromatic N) is 2. The van der Waals surface area contributed by atoms with Crippen molar-refractivity contribution >= 4 is 57.9 Å². The van der Waals surface area contributed by atoms with Crippen molar-refractivity contribution in [1.29, 1.82) is 0 Å². The second-order valence-corrected chi connectivity index (χ2v) is 15.4. The summed E-state index contributed by atoms with van der Waals surface area (Å²) in [5.74, 6) is -0.402. The fourth-order valence-corrected chi connectivity index (χ4v) is 8.04. The van der Waals surface area contributed by atoms with E-state index in [1.165, 1.54) is 4.57 Å². The predicted molar refractivity (Wildman–Crippen MR) is 212 cm³/mol. The molecule has 3 aliphatic rings. The number of fused-ring (bicyclic) bond motifs is 2. The van der Waals surface area contributed by atoms with Crippen molar-refractivity contribution in [2.45, 2.75) is 56.9 Å². The molecule has 5 amide bonds. The van der Waals surface area contributed by atoms with Crippen molar-refractivity contribution in [3.8, 4) is 11.1 Å². The van der Waals surface area contributed by atoms with Crippen molar-refractivity contribution in [3.63, 3.8) is 0 Å². The van der Waals surface area contributed by atoms with E-state index in [2.05, 4.69) is 26.3 Å². The van der Waals surface area contributed by atoms with Crippen molar-refractivity contribution in [2.75, 3.05) is 37.8 Å². The molecular weight excluding hydrogens is 721 g/mol. The Kier molecular flexibility index (Phi) is 11.1. The van der Waals surface area contributed by atoms with E-state index in [1.807, 2.05) is 30.5 Å². The van der Waals surface area contributed by atoms with E-state index in [0.29, 0.717) is 72.6 Å². The fraction of sp³-hybridized carbons (Fsp3) is 0.400. The standard InChI is InChI=1S/C40H46N8O6S/c1-47-19-30(28-17-32(37(51)43-14-12-41)45-35(28)40(47)54)27-15-24(21-55-2)26(16-31(27)44-18-22-8-9-22)36(50)42-13-4-6-23-5-3-7-25-29(23)20-48(39(25)53)33-10-11-34(49)46-38(33)52/h3,5,7,15-17,19,22,33,44-45H,4,6,8-14,18,20-21,41H2,1-2H3,(H,42,50)(H,43,51)(H,46,49,52). The van der Waals surface area contributed by atoms with Crippen LogP contribution in [0, 0.1) is 5.92 Å². The number of aromatic nitrogens is 2. The zero-order valence-electron chi connectivity index (χ0n) is 31.0. The van der Waals surface area contributed by atoms with Crippen LogP contribution in [0.25, 0.3) is 22.0 Å². The molecule has 2 aromatic carbocycles. The van der Waals surface area contributed by atoms with Crippen molar-refractivity contribution in [2.24, 2.45) is 18.7 Å². The summed E-state index contributed by atoms with van der Waals surface area (Å²) >= 11 is 1.60. The average Bonchev–Trinajstić information content (AvgIpc) is 3.80. The van der Waals surface area contributed by atoms with Gasteiger partial charge in [-0.15, -0.1) is 0 Å².